The number of aromatic nitrogens is 2. The normalized spacial score (nSPS) is 10.3. The summed E-state index contributed by atoms with van der Waals surface area (Å²) in [7, 11) is 0. The zero-order valence-corrected chi connectivity index (χ0v) is 11.1. The van der Waals surface area contributed by atoms with Gasteiger partial charge in [-0.15, -0.1) is 5.10 Å². The van der Waals surface area contributed by atoms with Gasteiger partial charge in [-0.3, -0.25) is 0 Å². The molecule has 1 aromatic carbocycles. The van der Waals surface area contributed by atoms with Gasteiger partial charge in [-0.1, -0.05) is 16.6 Å². The van der Waals surface area contributed by atoms with Crippen molar-refractivity contribution in [2.75, 3.05) is 0 Å². The molecule has 0 aliphatic heterocycles. The van der Waals surface area contributed by atoms with Gasteiger partial charge in [0.2, 0.25) is 0 Å². The Labute approximate surface area is 106 Å². The molecule has 2 rings (SSSR count). The fraction of sp³-hybridized carbons (Fsp3) is 0.200. The molecule has 3 nitrogen and oxygen atoms in total. The number of benzene rings is 1. The first-order valence-electron chi connectivity index (χ1n) is 4.42. The van der Waals surface area contributed by atoms with Gasteiger partial charge in [0.15, 0.2) is 0 Å². The minimum Gasteiger partial charge on any atom is -0.487 e. The molecule has 0 atom stereocenters. The Kier molecular flexibility index (Phi) is 3.53. The maximum absolute atomic E-state index is 5.68. The fourth-order valence-electron chi connectivity index (χ4n) is 1.09. The SMILES string of the molecule is Cc1nnsc1COc1ccccc1I. The highest BCUT2D eigenvalue weighted by Gasteiger charge is 2.05. The van der Waals surface area contributed by atoms with Crippen LogP contribution in [-0.4, -0.2) is 9.59 Å². The number of rotatable bonds is 3. The minimum atomic E-state index is 0.545. The Bertz CT molecular complexity index is 458. The van der Waals surface area contributed by atoms with Crippen LogP contribution >= 0.6 is 34.1 Å². The van der Waals surface area contributed by atoms with E-state index < -0.39 is 0 Å². The largest absolute Gasteiger partial charge is 0.487 e. The van der Waals surface area contributed by atoms with Gasteiger partial charge in [-0.25, -0.2) is 0 Å². The summed E-state index contributed by atoms with van der Waals surface area (Å²) >= 11 is 3.64. The minimum absolute atomic E-state index is 0.545. The Morgan fingerprint density at radius 2 is 2.20 bits per heavy atom. The molecule has 0 amide bonds. The van der Waals surface area contributed by atoms with E-state index in [-0.39, 0.29) is 0 Å². The average Bonchev–Trinajstić information content (AvgIpc) is 2.63. The third kappa shape index (κ3) is 2.66. The van der Waals surface area contributed by atoms with Crippen molar-refractivity contribution in [3.63, 3.8) is 0 Å². The molecule has 0 saturated carbocycles. The number of aryl methyl sites for hydroxylation is 1. The fourth-order valence-corrected chi connectivity index (χ4v) is 2.18. The summed E-state index contributed by atoms with van der Waals surface area (Å²) in [6.45, 7) is 2.49. The Morgan fingerprint density at radius 3 is 2.87 bits per heavy atom. The highest BCUT2D eigenvalue weighted by atomic mass is 127. The van der Waals surface area contributed by atoms with E-state index in [0.717, 1.165) is 19.9 Å². The third-order valence-corrected chi connectivity index (χ3v) is 3.63. The molecule has 1 heterocycles. The topological polar surface area (TPSA) is 35.0 Å². The van der Waals surface area contributed by atoms with Crippen LogP contribution < -0.4 is 4.74 Å². The molecule has 0 saturated heterocycles. The van der Waals surface area contributed by atoms with E-state index in [1.165, 1.54) is 11.5 Å². The highest BCUT2D eigenvalue weighted by Crippen LogP contribution is 2.21. The summed E-state index contributed by atoms with van der Waals surface area (Å²) < 4.78 is 10.7. The molecule has 0 spiro atoms. The molecule has 0 unspecified atom stereocenters. The van der Waals surface area contributed by atoms with E-state index in [1.807, 2.05) is 31.2 Å². The van der Waals surface area contributed by atoms with Crippen LogP contribution in [-0.2, 0) is 6.61 Å². The number of hydrogen-bond donors (Lipinski definition) is 0. The second-order valence-electron chi connectivity index (χ2n) is 3.00. The summed E-state index contributed by atoms with van der Waals surface area (Å²) in [5.41, 5.74) is 0.950. The quantitative estimate of drug-likeness (QED) is 0.811. The van der Waals surface area contributed by atoms with Crippen molar-refractivity contribution in [3.05, 3.63) is 38.4 Å². The molecule has 2 aromatic rings. The van der Waals surface area contributed by atoms with Crippen LogP contribution in [0.25, 0.3) is 0 Å². The van der Waals surface area contributed by atoms with E-state index in [4.69, 9.17) is 4.74 Å². The predicted octanol–water partition coefficient (Wildman–Crippen LogP) is 3.03. The molecule has 15 heavy (non-hydrogen) atoms. The molecular weight excluding hydrogens is 323 g/mol. The van der Waals surface area contributed by atoms with Crippen LogP contribution in [0.4, 0.5) is 0 Å². The first kappa shape index (κ1) is 10.8. The predicted molar refractivity (Wildman–Crippen MR) is 68.1 cm³/mol. The molecule has 0 fully saturated rings. The van der Waals surface area contributed by atoms with E-state index >= 15 is 0 Å². The molecule has 0 bridgehead atoms. The molecule has 0 N–H and O–H groups in total. The summed E-state index contributed by atoms with van der Waals surface area (Å²) in [6, 6.07) is 7.95. The summed E-state index contributed by atoms with van der Waals surface area (Å²) in [4.78, 5) is 1.08. The van der Waals surface area contributed by atoms with Gasteiger partial charge in [0, 0.05) is 0 Å². The van der Waals surface area contributed by atoms with Crippen molar-refractivity contribution in [2.45, 2.75) is 13.5 Å². The lowest BCUT2D eigenvalue weighted by Gasteiger charge is -2.06. The van der Waals surface area contributed by atoms with E-state index in [2.05, 4.69) is 32.2 Å². The molecule has 0 aliphatic rings. The lowest BCUT2D eigenvalue weighted by atomic mass is 10.3. The lowest BCUT2D eigenvalue weighted by Crippen LogP contribution is -1.96. The molecule has 78 valence electrons. The molecule has 1 aromatic heterocycles. The number of halogens is 1. The van der Waals surface area contributed by atoms with Gasteiger partial charge < -0.3 is 4.74 Å². The van der Waals surface area contributed by atoms with Crippen molar-refractivity contribution in [1.82, 2.24) is 9.59 Å². The first-order chi connectivity index (χ1) is 7.27. The van der Waals surface area contributed by atoms with E-state index in [9.17, 15) is 0 Å². The summed E-state index contributed by atoms with van der Waals surface area (Å²) in [5, 5.41) is 3.94. The maximum Gasteiger partial charge on any atom is 0.133 e. The van der Waals surface area contributed by atoms with Crippen LogP contribution in [0, 0.1) is 10.5 Å². The Morgan fingerprint density at radius 1 is 1.40 bits per heavy atom. The molecule has 0 aliphatic carbocycles. The number of para-hydroxylation sites is 1. The zero-order valence-electron chi connectivity index (χ0n) is 8.11. The maximum atomic E-state index is 5.68. The summed E-state index contributed by atoms with van der Waals surface area (Å²) in [5.74, 6) is 0.908. The van der Waals surface area contributed by atoms with Gasteiger partial charge >= 0.3 is 0 Å². The lowest BCUT2D eigenvalue weighted by molar-refractivity contribution is 0.306. The van der Waals surface area contributed by atoms with Crippen molar-refractivity contribution < 1.29 is 4.74 Å². The van der Waals surface area contributed by atoms with Crippen LogP contribution in [0.2, 0.25) is 0 Å². The Hall–Kier alpha value is -0.690. The smallest absolute Gasteiger partial charge is 0.133 e. The Balaban J connectivity index is 2.06. The second kappa shape index (κ2) is 4.89. The van der Waals surface area contributed by atoms with Gasteiger partial charge in [-0.2, -0.15) is 0 Å². The summed E-state index contributed by atoms with van der Waals surface area (Å²) in [6.07, 6.45) is 0. The van der Waals surface area contributed by atoms with Crippen molar-refractivity contribution in [3.8, 4) is 5.75 Å². The standard InChI is InChI=1S/C10H9IN2OS/c1-7-10(15-13-12-7)6-14-9-5-3-2-4-8(9)11/h2-5H,6H2,1H3. The van der Waals surface area contributed by atoms with Gasteiger partial charge in [-0.05, 0) is 53.2 Å². The zero-order chi connectivity index (χ0) is 10.7. The van der Waals surface area contributed by atoms with Crippen molar-refractivity contribution in [1.29, 1.82) is 0 Å². The molecular formula is C10H9IN2OS. The van der Waals surface area contributed by atoms with Crippen molar-refractivity contribution in [2.24, 2.45) is 0 Å². The highest BCUT2D eigenvalue weighted by molar-refractivity contribution is 14.1. The van der Waals surface area contributed by atoms with Gasteiger partial charge in [0.1, 0.15) is 12.4 Å². The van der Waals surface area contributed by atoms with Crippen LogP contribution in [0.5, 0.6) is 5.75 Å². The number of nitrogens with zero attached hydrogens (tertiary/aromatic N) is 2. The van der Waals surface area contributed by atoms with Crippen LogP contribution in [0.3, 0.4) is 0 Å². The van der Waals surface area contributed by atoms with Crippen LogP contribution in [0.1, 0.15) is 10.6 Å². The van der Waals surface area contributed by atoms with E-state index in [1.54, 1.807) is 0 Å². The average molecular weight is 332 g/mol. The van der Waals surface area contributed by atoms with Gasteiger partial charge in [0.25, 0.3) is 0 Å². The van der Waals surface area contributed by atoms with Crippen LogP contribution in [0.15, 0.2) is 24.3 Å². The van der Waals surface area contributed by atoms with E-state index in [0.29, 0.717) is 6.61 Å². The monoisotopic (exact) mass is 332 g/mol. The molecule has 0 radical (unpaired) electrons. The van der Waals surface area contributed by atoms with Crippen molar-refractivity contribution >= 4 is 34.1 Å². The van der Waals surface area contributed by atoms with Gasteiger partial charge in [0.05, 0.1) is 14.1 Å². The second-order valence-corrected chi connectivity index (χ2v) is 5.00. The first-order valence-corrected chi connectivity index (χ1v) is 6.28. The third-order valence-electron chi connectivity index (χ3n) is 1.94. The number of ether oxygens (including phenoxy) is 1. The number of hydrogen-bond acceptors (Lipinski definition) is 4. The molecule has 5 heteroatoms.